The van der Waals surface area contributed by atoms with E-state index in [1.54, 1.807) is 23.1 Å². The average molecular weight is 330 g/mol. The minimum Gasteiger partial charge on any atom is -0.329 e. The van der Waals surface area contributed by atoms with Gasteiger partial charge in [-0.2, -0.15) is 0 Å². The molecule has 0 bridgehead atoms. The van der Waals surface area contributed by atoms with E-state index in [1.807, 2.05) is 25.1 Å². The van der Waals surface area contributed by atoms with E-state index in [9.17, 15) is 0 Å². The number of aryl methyl sites for hydroxylation is 1. The predicted octanol–water partition coefficient (Wildman–Crippen LogP) is 3.40. The number of aromatic nitrogens is 2. The molecular formula is C11H12BrN3S2. The van der Waals surface area contributed by atoms with E-state index in [4.69, 9.17) is 5.73 Å². The summed E-state index contributed by atoms with van der Waals surface area (Å²) in [5, 5.41) is 9.32. The molecule has 3 nitrogen and oxygen atoms in total. The van der Waals surface area contributed by atoms with Crippen LogP contribution in [0.5, 0.6) is 0 Å². The molecule has 0 fully saturated rings. The molecule has 6 heteroatoms. The molecule has 1 aromatic heterocycles. The Bertz CT molecular complexity index is 501. The van der Waals surface area contributed by atoms with Gasteiger partial charge in [0.15, 0.2) is 4.34 Å². The lowest BCUT2D eigenvalue weighted by Crippen LogP contribution is -2.09. The van der Waals surface area contributed by atoms with Crippen LogP contribution in [0.25, 0.3) is 0 Å². The van der Waals surface area contributed by atoms with Gasteiger partial charge in [0.2, 0.25) is 0 Å². The lowest BCUT2D eigenvalue weighted by atomic mass is 10.1. The highest BCUT2D eigenvalue weighted by Crippen LogP contribution is 2.38. The summed E-state index contributed by atoms with van der Waals surface area (Å²) in [6.07, 6.45) is 0. The van der Waals surface area contributed by atoms with Gasteiger partial charge in [-0.3, -0.25) is 0 Å². The van der Waals surface area contributed by atoms with Crippen molar-refractivity contribution in [1.29, 1.82) is 0 Å². The predicted molar refractivity (Wildman–Crippen MR) is 76.4 cm³/mol. The summed E-state index contributed by atoms with van der Waals surface area (Å²) >= 11 is 6.82. The molecule has 0 spiro atoms. The highest BCUT2D eigenvalue weighted by molar-refractivity contribution is 9.10. The monoisotopic (exact) mass is 329 g/mol. The SMILES string of the molecule is Cc1nnc(SC(CN)c2ccccc2Br)s1. The van der Waals surface area contributed by atoms with Gasteiger partial charge in [0.1, 0.15) is 5.01 Å². The molecule has 1 atom stereocenters. The molecule has 2 rings (SSSR count). The molecule has 1 unspecified atom stereocenters. The second-order valence-electron chi connectivity index (χ2n) is 3.45. The van der Waals surface area contributed by atoms with Crippen molar-refractivity contribution in [3.05, 3.63) is 39.3 Å². The standard InChI is InChI=1S/C11H12BrN3S2/c1-7-14-15-11(16-7)17-10(6-13)8-4-2-3-5-9(8)12/h2-5,10H,6,13H2,1H3. The number of benzene rings is 1. The zero-order chi connectivity index (χ0) is 12.3. The highest BCUT2D eigenvalue weighted by atomic mass is 79.9. The van der Waals surface area contributed by atoms with E-state index in [0.29, 0.717) is 6.54 Å². The molecule has 1 heterocycles. The molecular weight excluding hydrogens is 318 g/mol. The largest absolute Gasteiger partial charge is 0.329 e. The zero-order valence-electron chi connectivity index (χ0n) is 9.26. The summed E-state index contributed by atoms with van der Waals surface area (Å²) < 4.78 is 2.05. The van der Waals surface area contributed by atoms with Crippen molar-refractivity contribution in [2.45, 2.75) is 16.5 Å². The van der Waals surface area contributed by atoms with Crippen molar-refractivity contribution in [3.8, 4) is 0 Å². The van der Waals surface area contributed by atoms with Crippen LogP contribution in [0.4, 0.5) is 0 Å². The molecule has 2 aromatic rings. The van der Waals surface area contributed by atoms with E-state index < -0.39 is 0 Å². The van der Waals surface area contributed by atoms with Crippen LogP contribution >= 0.6 is 39.0 Å². The quantitative estimate of drug-likeness (QED) is 0.873. The Hall–Kier alpha value is -0.430. The first-order valence-corrected chi connectivity index (χ1v) is 7.61. The van der Waals surface area contributed by atoms with Gasteiger partial charge in [0.25, 0.3) is 0 Å². The van der Waals surface area contributed by atoms with Crippen molar-refractivity contribution in [3.63, 3.8) is 0 Å². The van der Waals surface area contributed by atoms with Crippen LogP contribution in [0, 0.1) is 6.92 Å². The molecule has 0 aliphatic heterocycles. The van der Waals surface area contributed by atoms with Crippen molar-refractivity contribution < 1.29 is 0 Å². The van der Waals surface area contributed by atoms with Gasteiger partial charge in [-0.25, -0.2) is 0 Å². The van der Waals surface area contributed by atoms with Crippen LogP contribution in [0.15, 0.2) is 33.1 Å². The van der Waals surface area contributed by atoms with Gasteiger partial charge >= 0.3 is 0 Å². The molecule has 17 heavy (non-hydrogen) atoms. The van der Waals surface area contributed by atoms with E-state index in [2.05, 4.69) is 32.2 Å². The summed E-state index contributed by atoms with van der Waals surface area (Å²) in [6, 6.07) is 8.14. The Morgan fingerprint density at radius 2 is 2.18 bits per heavy atom. The molecule has 1 aromatic carbocycles. The Morgan fingerprint density at radius 1 is 1.41 bits per heavy atom. The Labute approximate surface area is 117 Å². The van der Waals surface area contributed by atoms with Gasteiger partial charge in [-0.15, -0.1) is 10.2 Å². The Morgan fingerprint density at radius 3 is 2.76 bits per heavy atom. The summed E-state index contributed by atoms with van der Waals surface area (Å²) in [5.41, 5.74) is 7.04. The van der Waals surface area contributed by atoms with Crippen LogP contribution < -0.4 is 5.73 Å². The first kappa shape index (κ1) is 13.0. The molecule has 90 valence electrons. The Kier molecular flexibility index (Phi) is 4.55. The maximum Gasteiger partial charge on any atom is 0.174 e. The zero-order valence-corrected chi connectivity index (χ0v) is 12.5. The van der Waals surface area contributed by atoms with E-state index in [1.165, 1.54) is 5.56 Å². The summed E-state index contributed by atoms with van der Waals surface area (Å²) in [6.45, 7) is 2.53. The Balaban J connectivity index is 2.20. The fourth-order valence-corrected chi connectivity index (χ4v) is 4.21. The van der Waals surface area contributed by atoms with Crippen LogP contribution in [-0.2, 0) is 0 Å². The van der Waals surface area contributed by atoms with Crippen molar-refractivity contribution in [1.82, 2.24) is 10.2 Å². The normalized spacial score (nSPS) is 12.6. The van der Waals surface area contributed by atoms with Gasteiger partial charge in [-0.1, -0.05) is 57.2 Å². The first-order valence-electron chi connectivity index (χ1n) is 5.12. The van der Waals surface area contributed by atoms with E-state index in [-0.39, 0.29) is 5.25 Å². The maximum atomic E-state index is 5.84. The number of rotatable bonds is 4. The molecule has 0 amide bonds. The van der Waals surface area contributed by atoms with Crippen molar-refractivity contribution in [2.24, 2.45) is 5.73 Å². The number of nitrogens with two attached hydrogens (primary N) is 1. The molecule has 0 aliphatic rings. The highest BCUT2D eigenvalue weighted by Gasteiger charge is 2.16. The molecule has 0 radical (unpaired) electrons. The van der Waals surface area contributed by atoms with Gasteiger partial charge in [0, 0.05) is 11.0 Å². The van der Waals surface area contributed by atoms with E-state index >= 15 is 0 Å². The number of halogens is 1. The average Bonchev–Trinajstić information content (AvgIpc) is 2.73. The van der Waals surface area contributed by atoms with Gasteiger partial charge < -0.3 is 5.73 Å². The third kappa shape index (κ3) is 3.28. The smallest absolute Gasteiger partial charge is 0.174 e. The third-order valence-corrected chi connectivity index (χ3v) is 5.13. The van der Waals surface area contributed by atoms with Crippen LogP contribution in [0.3, 0.4) is 0 Å². The van der Waals surface area contributed by atoms with E-state index in [0.717, 1.165) is 13.8 Å². The first-order chi connectivity index (χ1) is 8.20. The number of hydrogen-bond donors (Lipinski definition) is 1. The molecule has 2 N–H and O–H groups in total. The van der Waals surface area contributed by atoms with Gasteiger partial charge in [-0.05, 0) is 18.6 Å². The van der Waals surface area contributed by atoms with Crippen LogP contribution in [0.2, 0.25) is 0 Å². The number of thioether (sulfide) groups is 1. The number of nitrogens with zero attached hydrogens (tertiary/aromatic N) is 2. The molecule has 0 saturated heterocycles. The molecule has 0 aliphatic carbocycles. The minimum atomic E-state index is 0.206. The summed E-state index contributed by atoms with van der Waals surface area (Å²) in [5.74, 6) is 0. The topological polar surface area (TPSA) is 51.8 Å². The second-order valence-corrected chi connectivity index (χ2v) is 6.94. The fourth-order valence-electron chi connectivity index (χ4n) is 1.42. The maximum absolute atomic E-state index is 5.84. The van der Waals surface area contributed by atoms with Crippen LogP contribution in [-0.4, -0.2) is 16.7 Å². The van der Waals surface area contributed by atoms with Crippen molar-refractivity contribution in [2.75, 3.05) is 6.54 Å². The van der Waals surface area contributed by atoms with Gasteiger partial charge in [0.05, 0.1) is 5.25 Å². The molecule has 0 saturated carbocycles. The summed E-state index contributed by atoms with van der Waals surface area (Å²) in [7, 11) is 0. The minimum absolute atomic E-state index is 0.206. The fraction of sp³-hybridized carbons (Fsp3) is 0.273. The lowest BCUT2D eigenvalue weighted by Gasteiger charge is -2.14. The number of hydrogen-bond acceptors (Lipinski definition) is 5. The summed E-state index contributed by atoms with van der Waals surface area (Å²) in [4.78, 5) is 0. The second kappa shape index (κ2) is 5.95. The van der Waals surface area contributed by atoms with Crippen LogP contribution in [0.1, 0.15) is 15.8 Å². The third-order valence-electron chi connectivity index (χ3n) is 2.22. The van der Waals surface area contributed by atoms with Crippen molar-refractivity contribution >= 4 is 39.0 Å². The lowest BCUT2D eigenvalue weighted by molar-refractivity contribution is 0.924.